The quantitative estimate of drug-likeness (QED) is 0.851. The first-order valence-corrected chi connectivity index (χ1v) is 8.36. The van der Waals surface area contributed by atoms with E-state index in [1.54, 1.807) is 6.92 Å². The number of urea groups is 1. The fourth-order valence-electron chi connectivity index (χ4n) is 4.23. The number of nitrogens with zero attached hydrogens (tertiary/aromatic N) is 2. The normalized spacial score (nSPS) is 31.3. The molecule has 3 atom stereocenters. The van der Waals surface area contributed by atoms with E-state index in [1.807, 2.05) is 4.90 Å². The number of fused-ring (bicyclic) bond motifs is 1. The van der Waals surface area contributed by atoms with E-state index in [1.165, 1.54) is 25.7 Å². The molecule has 1 saturated carbocycles. The van der Waals surface area contributed by atoms with E-state index in [-0.39, 0.29) is 17.9 Å². The SMILES string of the molecule is CC(C(=O)O)C1CN(C(=O)N2CCC[C@H]3CCCC[C@H]32)C1. The van der Waals surface area contributed by atoms with Gasteiger partial charge in [-0.2, -0.15) is 0 Å². The number of carbonyl (C=O) groups excluding carboxylic acids is 1. The number of carboxylic acids is 1. The second kappa shape index (κ2) is 5.85. The van der Waals surface area contributed by atoms with Crippen molar-refractivity contribution in [3.63, 3.8) is 0 Å². The van der Waals surface area contributed by atoms with Crippen LogP contribution in [0.2, 0.25) is 0 Å². The Morgan fingerprint density at radius 1 is 1.10 bits per heavy atom. The van der Waals surface area contributed by atoms with Gasteiger partial charge in [-0.05, 0) is 31.6 Å². The molecule has 21 heavy (non-hydrogen) atoms. The molecule has 0 aromatic carbocycles. The summed E-state index contributed by atoms with van der Waals surface area (Å²) in [5.41, 5.74) is 0. The number of aliphatic carboxylic acids is 1. The van der Waals surface area contributed by atoms with Gasteiger partial charge in [-0.15, -0.1) is 0 Å². The van der Waals surface area contributed by atoms with Crippen LogP contribution >= 0.6 is 0 Å². The molecule has 1 N–H and O–H groups in total. The highest BCUT2D eigenvalue weighted by atomic mass is 16.4. The lowest BCUT2D eigenvalue weighted by molar-refractivity contribution is -0.145. The fraction of sp³-hybridized carbons (Fsp3) is 0.875. The van der Waals surface area contributed by atoms with Gasteiger partial charge in [0.25, 0.3) is 0 Å². The Hall–Kier alpha value is -1.26. The molecule has 2 aliphatic heterocycles. The number of hydrogen-bond acceptors (Lipinski definition) is 2. The van der Waals surface area contributed by atoms with Crippen LogP contribution in [0.3, 0.4) is 0 Å². The molecule has 2 heterocycles. The zero-order chi connectivity index (χ0) is 15.0. The third-order valence-corrected chi connectivity index (χ3v) is 5.77. The van der Waals surface area contributed by atoms with Crippen molar-refractivity contribution in [2.75, 3.05) is 19.6 Å². The van der Waals surface area contributed by atoms with Crippen LogP contribution in [0.15, 0.2) is 0 Å². The molecule has 5 nitrogen and oxygen atoms in total. The Labute approximate surface area is 126 Å². The first kappa shape index (κ1) is 14.7. The molecule has 1 unspecified atom stereocenters. The molecule has 118 valence electrons. The number of hydrogen-bond donors (Lipinski definition) is 1. The summed E-state index contributed by atoms with van der Waals surface area (Å²) in [5.74, 6) is -0.278. The summed E-state index contributed by atoms with van der Waals surface area (Å²) in [7, 11) is 0. The van der Waals surface area contributed by atoms with Crippen molar-refractivity contribution in [1.29, 1.82) is 0 Å². The Kier molecular flexibility index (Phi) is 4.09. The zero-order valence-corrected chi connectivity index (χ0v) is 12.8. The molecule has 3 aliphatic rings. The Morgan fingerprint density at radius 2 is 1.76 bits per heavy atom. The molecule has 3 rings (SSSR count). The molecule has 5 heteroatoms. The predicted octanol–water partition coefficient (Wildman–Crippen LogP) is 2.41. The van der Waals surface area contributed by atoms with Gasteiger partial charge in [0.2, 0.25) is 0 Å². The molecule has 2 saturated heterocycles. The highest BCUT2D eigenvalue weighted by Crippen LogP contribution is 2.36. The molecule has 0 radical (unpaired) electrons. The Morgan fingerprint density at radius 3 is 2.48 bits per heavy atom. The van der Waals surface area contributed by atoms with Crippen LogP contribution in [0.1, 0.15) is 45.4 Å². The smallest absolute Gasteiger partial charge is 0.320 e. The maximum absolute atomic E-state index is 12.7. The summed E-state index contributed by atoms with van der Waals surface area (Å²) >= 11 is 0. The number of carboxylic acid groups (broad SMARTS) is 1. The predicted molar refractivity (Wildman–Crippen MR) is 78.9 cm³/mol. The van der Waals surface area contributed by atoms with Crippen molar-refractivity contribution < 1.29 is 14.7 Å². The van der Waals surface area contributed by atoms with E-state index < -0.39 is 5.97 Å². The van der Waals surface area contributed by atoms with Crippen molar-refractivity contribution in [3.05, 3.63) is 0 Å². The van der Waals surface area contributed by atoms with Crippen molar-refractivity contribution in [2.45, 2.75) is 51.5 Å². The molecular weight excluding hydrogens is 268 g/mol. The maximum atomic E-state index is 12.7. The monoisotopic (exact) mass is 294 g/mol. The lowest BCUT2D eigenvalue weighted by Crippen LogP contribution is -2.61. The van der Waals surface area contributed by atoms with Crippen LogP contribution < -0.4 is 0 Å². The highest BCUT2D eigenvalue weighted by molar-refractivity contribution is 5.77. The molecular formula is C16H26N2O3. The van der Waals surface area contributed by atoms with E-state index in [0.717, 1.165) is 19.4 Å². The zero-order valence-electron chi connectivity index (χ0n) is 12.8. The van der Waals surface area contributed by atoms with Gasteiger partial charge < -0.3 is 14.9 Å². The van der Waals surface area contributed by atoms with Crippen LogP contribution in [0.5, 0.6) is 0 Å². The number of carbonyl (C=O) groups is 2. The van der Waals surface area contributed by atoms with Gasteiger partial charge in [-0.1, -0.05) is 19.8 Å². The van der Waals surface area contributed by atoms with Gasteiger partial charge in [0.05, 0.1) is 5.92 Å². The van der Waals surface area contributed by atoms with Gasteiger partial charge in [0, 0.05) is 31.6 Å². The summed E-state index contributed by atoms with van der Waals surface area (Å²) in [6.45, 7) is 3.85. The minimum Gasteiger partial charge on any atom is -0.481 e. The van der Waals surface area contributed by atoms with Crippen molar-refractivity contribution >= 4 is 12.0 Å². The van der Waals surface area contributed by atoms with Gasteiger partial charge in [-0.3, -0.25) is 4.79 Å². The summed E-state index contributed by atoms with van der Waals surface area (Å²) in [5, 5.41) is 9.03. The number of piperidine rings is 1. The van der Waals surface area contributed by atoms with Crippen LogP contribution in [-0.4, -0.2) is 52.6 Å². The topological polar surface area (TPSA) is 60.9 Å². The van der Waals surface area contributed by atoms with Gasteiger partial charge in [0.1, 0.15) is 0 Å². The molecule has 2 amide bonds. The second-order valence-electron chi connectivity index (χ2n) is 7.02. The Balaban J connectivity index is 1.57. The first-order chi connectivity index (χ1) is 10.1. The van der Waals surface area contributed by atoms with E-state index >= 15 is 0 Å². The fourth-order valence-corrected chi connectivity index (χ4v) is 4.23. The number of rotatable bonds is 2. The van der Waals surface area contributed by atoms with Gasteiger partial charge in [0.15, 0.2) is 0 Å². The summed E-state index contributed by atoms with van der Waals surface area (Å²) in [4.78, 5) is 27.6. The minimum absolute atomic E-state index is 0.124. The van der Waals surface area contributed by atoms with Gasteiger partial charge in [-0.25, -0.2) is 4.79 Å². The largest absolute Gasteiger partial charge is 0.481 e. The molecule has 0 bridgehead atoms. The maximum Gasteiger partial charge on any atom is 0.320 e. The van der Waals surface area contributed by atoms with Crippen LogP contribution in [-0.2, 0) is 4.79 Å². The van der Waals surface area contributed by atoms with Crippen LogP contribution in [0, 0.1) is 17.8 Å². The molecule has 0 aromatic heterocycles. The minimum atomic E-state index is -0.752. The van der Waals surface area contributed by atoms with E-state index in [4.69, 9.17) is 5.11 Å². The third-order valence-electron chi connectivity index (χ3n) is 5.77. The second-order valence-corrected chi connectivity index (χ2v) is 7.02. The lowest BCUT2D eigenvalue weighted by Gasteiger charge is -2.49. The molecule has 0 spiro atoms. The number of amides is 2. The van der Waals surface area contributed by atoms with Crippen LogP contribution in [0.25, 0.3) is 0 Å². The lowest BCUT2D eigenvalue weighted by atomic mass is 9.78. The Bertz CT molecular complexity index is 418. The molecule has 3 fully saturated rings. The van der Waals surface area contributed by atoms with Crippen molar-refractivity contribution in [1.82, 2.24) is 9.80 Å². The van der Waals surface area contributed by atoms with Crippen molar-refractivity contribution in [2.24, 2.45) is 17.8 Å². The third kappa shape index (κ3) is 2.74. The summed E-state index contributed by atoms with van der Waals surface area (Å²) in [6.07, 6.45) is 7.36. The average Bonchev–Trinajstić information content (AvgIpc) is 2.44. The molecule has 1 aliphatic carbocycles. The van der Waals surface area contributed by atoms with E-state index in [2.05, 4.69) is 4.90 Å². The van der Waals surface area contributed by atoms with E-state index in [9.17, 15) is 9.59 Å². The summed E-state index contributed by atoms with van der Waals surface area (Å²) < 4.78 is 0. The standard InChI is InChI=1S/C16H26N2O3/c1-11(15(19)20)13-9-17(10-13)16(21)18-8-4-6-12-5-2-3-7-14(12)18/h11-14H,2-10H2,1H3,(H,19,20)/t11?,12-,14-/m1/s1. The van der Waals surface area contributed by atoms with Gasteiger partial charge >= 0.3 is 12.0 Å². The molecule has 0 aromatic rings. The summed E-state index contributed by atoms with van der Waals surface area (Å²) in [6, 6.07) is 0.594. The highest BCUT2D eigenvalue weighted by Gasteiger charge is 2.42. The van der Waals surface area contributed by atoms with Crippen LogP contribution in [0.4, 0.5) is 4.79 Å². The first-order valence-electron chi connectivity index (χ1n) is 8.36. The van der Waals surface area contributed by atoms with Crippen molar-refractivity contribution in [3.8, 4) is 0 Å². The number of likely N-dealkylation sites (tertiary alicyclic amines) is 2. The average molecular weight is 294 g/mol. The van der Waals surface area contributed by atoms with E-state index in [0.29, 0.717) is 25.0 Å².